The van der Waals surface area contributed by atoms with Crippen LogP contribution in [-0.4, -0.2) is 26.1 Å². The lowest BCUT2D eigenvalue weighted by atomic mass is 10.2. The third kappa shape index (κ3) is 5.61. The predicted molar refractivity (Wildman–Crippen MR) is 134 cm³/mol. The molecular weight excluding hydrogens is 496 g/mol. The number of carbonyl (C=O) groups is 1. The van der Waals surface area contributed by atoms with Gasteiger partial charge in [0.1, 0.15) is 4.90 Å². The van der Waals surface area contributed by atoms with Gasteiger partial charge in [0.25, 0.3) is 5.91 Å². The molecule has 0 saturated carbocycles. The van der Waals surface area contributed by atoms with Gasteiger partial charge in [-0.05, 0) is 66.7 Å². The number of halogens is 1. The van der Waals surface area contributed by atoms with Gasteiger partial charge in [0.2, 0.25) is 5.75 Å². The van der Waals surface area contributed by atoms with Gasteiger partial charge in [-0.3, -0.25) is 4.79 Å². The lowest BCUT2D eigenvalue weighted by Gasteiger charge is -2.14. The molecule has 3 aromatic carbocycles. The van der Waals surface area contributed by atoms with E-state index >= 15 is 0 Å². The first-order valence-corrected chi connectivity index (χ1v) is 12.8. The zero-order valence-electron chi connectivity index (χ0n) is 17.9. The highest BCUT2D eigenvalue weighted by Gasteiger charge is 2.25. The van der Waals surface area contributed by atoms with E-state index in [1.54, 1.807) is 37.3 Å². The van der Waals surface area contributed by atoms with E-state index in [1.807, 2.05) is 30.3 Å². The van der Waals surface area contributed by atoms with Gasteiger partial charge in [0.05, 0.1) is 22.2 Å². The van der Waals surface area contributed by atoms with Crippen LogP contribution in [0.15, 0.2) is 87.6 Å². The molecule has 7 nitrogen and oxygen atoms in total. The summed E-state index contributed by atoms with van der Waals surface area (Å²) in [6.45, 7) is 2.00. The minimum atomic E-state index is -4.12. The summed E-state index contributed by atoms with van der Waals surface area (Å²) in [6, 6.07) is 20.1. The molecule has 1 aliphatic rings. The normalized spacial score (nSPS) is 16.0. The van der Waals surface area contributed by atoms with Gasteiger partial charge in [-0.2, -0.15) is 8.42 Å². The summed E-state index contributed by atoms with van der Waals surface area (Å²) in [7, 11) is -4.12. The molecule has 1 aliphatic heterocycles. The number of para-hydroxylation sites is 1. The zero-order chi connectivity index (χ0) is 24.1. The molecule has 34 heavy (non-hydrogen) atoms. The number of amides is 1. The molecule has 0 spiro atoms. The smallest absolute Gasteiger partial charge is 0.339 e. The van der Waals surface area contributed by atoms with Crippen molar-refractivity contribution in [1.82, 2.24) is 5.32 Å². The van der Waals surface area contributed by atoms with Crippen LogP contribution in [0.4, 0.5) is 5.69 Å². The van der Waals surface area contributed by atoms with E-state index in [2.05, 4.69) is 10.3 Å². The Labute approximate surface area is 206 Å². The van der Waals surface area contributed by atoms with Crippen LogP contribution in [-0.2, 0) is 14.9 Å². The average Bonchev–Trinajstić information content (AvgIpc) is 3.16. The topological polar surface area (TPSA) is 94.1 Å². The van der Waals surface area contributed by atoms with Gasteiger partial charge in [-0.15, -0.1) is 0 Å². The van der Waals surface area contributed by atoms with Crippen molar-refractivity contribution in [2.75, 3.05) is 6.61 Å². The fourth-order valence-corrected chi connectivity index (χ4v) is 5.14. The Morgan fingerprint density at radius 2 is 1.74 bits per heavy atom. The number of amidine groups is 1. The molecule has 0 unspecified atom stereocenters. The van der Waals surface area contributed by atoms with E-state index in [1.165, 1.54) is 30.0 Å². The summed E-state index contributed by atoms with van der Waals surface area (Å²) in [5.41, 5.74) is 1.26. The fourth-order valence-electron chi connectivity index (χ4n) is 3.01. The SMILES string of the molecule is CCOc1cc(/C=C2\SC(=Nc3ccccc3)NC2=O)cc(Cl)c1OS(=O)(=O)c1ccccc1. The van der Waals surface area contributed by atoms with Crippen molar-refractivity contribution in [3.05, 3.63) is 88.3 Å². The molecule has 4 rings (SSSR count). The highest BCUT2D eigenvalue weighted by atomic mass is 35.5. The molecular formula is C24H19ClN2O5S2. The van der Waals surface area contributed by atoms with Crippen molar-refractivity contribution in [1.29, 1.82) is 0 Å². The van der Waals surface area contributed by atoms with Gasteiger partial charge < -0.3 is 14.2 Å². The van der Waals surface area contributed by atoms with Crippen LogP contribution in [0.25, 0.3) is 6.08 Å². The minimum Gasteiger partial charge on any atom is -0.490 e. The minimum absolute atomic E-state index is 0.0102. The number of aliphatic imine (C=N–C) groups is 1. The summed E-state index contributed by atoms with van der Waals surface area (Å²) in [5, 5.41) is 3.20. The Bertz CT molecular complexity index is 1380. The van der Waals surface area contributed by atoms with Crippen molar-refractivity contribution in [2.24, 2.45) is 4.99 Å². The molecule has 0 radical (unpaired) electrons. The van der Waals surface area contributed by atoms with E-state index in [-0.39, 0.29) is 33.9 Å². The van der Waals surface area contributed by atoms with Crippen LogP contribution in [0.1, 0.15) is 12.5 Å². The molecule has 0 aromatic heterocycles. The Morgan fingerprint density at radius 1 is 1.06 bits per heavy atom. The van der Waals surface area contributed by atoms with Crippen molar-refractivity contribution in [3.8, 4) is 11.5 Å². The summed E-state index contributed by atoms with van der Waals surface area (Å²) < 4.78 is 36.3. The number of hydrogen-bond donors (Lipinski definition) is 1. The predicted octanol–water partition coefficient (Wildman–Crippen LogP) is 5.40. The number of nitrogens with zero attached hydrogens (tertiary/aromatic N) is 1. The van der Waals surface area contributed by atoms with E-state index < -0.39 is 10.1 Å². The standard InChI is InChI=1S/C24H19ClN2O5S2/c1-2-31-20-14-16(13-19(25)22(20)32-34(29,30)18-11-7-4-8-12-18)15-21-23(28)27-24(33-21)26-17-9-5-3-6-10-17/h3-15H,2H2,1H3,(H,26,27,28)/b21-15-. The van der Waals surface area contributed by atoms with Gasteiger partial charge in [0.15, 0.2) is 10.9 Å². The van der Waals surface area contributed by atoms with Crippen LogP contribution in [0.5, 0.6) is 11.5 Å². The number of carbonyl (C=O) groups excluding carboxylic acids is 1. The summed E-state index contributed by atoms with van der Waals surface area (Å²) >= 11 is 7.58. The third-order valence-electron chi connectivity index (χ3n) is 4.49. The lowest BCUT2D eigenvalue weighted by molar-refractivity contribution is -0.115. The van der Waals surface area contributed by atoms with Crippen LogP contribution < -0.4 is 14.2 Å². The number of benzene rings is 3. The number of ether oxygens (including phenoxy) is 1. The molecule has 1 N–H and O–H groups in total. The summed E-state index contributed by atoms with van der Waals surface area (Å²) in [6.07, 6.45) is 1.62. The quantitative estimate of drug-likeness (QED) is 0.335. The van der Waals surface area contributed by atoms with Gasteiger partial charge in [0, 0.05) is 0 Å². The van der Waals surface area contributed by atoms with Crippen LogP contribution in [0.3, 0.4) is 0 Å². The Kier molecular flexibility index (Phi) is 7.26. The largest absolute Gasteiger partial charge is 0.490 e. The highest BCUT2D eigenvalue weighted by molar-refractivity contribution is 8.18. The number of hydrogen-bond acceptors (Lipinski definition) is 7. The molecule has 10 heteroatoms. The second-order valence-corrected chi connectivity index (χ2v) is 9.91. The first-order chi connectivity index (χ1) is 16.4. The molecule has 0 atom stereocenters. The molecule has 174 valence electrons. The molecule has 1 fully saturated rings. The Balaban J connectivity index is 1.63. The van der Waals surface area contributed by atoms with E-state index in [0.29, 0.717) is 21.3 Å². The van der Waals surface area contributed by atoms with Crippen molar-refractivity contribution < 1.29 is 22.1 Å². The van der Waals surface area contributed by atoms with Crippen molar-refractivity contribution in [3.63, 3.8) is 0 Å². The molecule has 1 saturated heterocycles. The monoisotopic (exact) mass is 514 g/mol. The maximum Gasteiger partial charge on any atom is 0.339 e. The maximum atomic E-state index is 12.7. The Morgan fingerprint density at radius 3 is 2.41 bits per heavy atom. The molecule has 3 aromatic rings. The first-order valence-electron chi connectivity index (χ1n) is 10.2. The lowest BCUT2D eigenvalue weighted by Crippen LogP contribution is -2.19. The number of thioether (sulfide) groups is 1. The van der Waals surface area contributed by atoms with Crippen LogP contribution >= 0.6 is 23.4 Å². The van der Waals surface area contributed by atoms with Crippen LogP contribution in [0, 0.1) is 0 Å². The average molecular weight is 515 g/mol. The van der Waals surface area contributed by atoms with E-state index in [4.69, 9.17) is 20.5 Å². The van der Waals surface area contributed by atoms with Gasteiger partial charge in [-0.25, -0.2) is 4.99 Å². The summed E-state index contributed by atoms with van der Waals surface area (Å²) in [4.78, 5) is 17.2. The molecule has 0 bridgehead atoms. The van der Waals surface area contributed by atoms with Crippen molar-refractivity contribution >= 4 is 56.3 Å². The molecule has 0 aliphatic carbocycles. The maximum absolute atomic E-state index is 12.7. The Hall–Kier alpha value is -3.27. The zero-order valence-corrected chi connectivity index (χ0v) is 20.3. The number of rotatable bonds is 7. The number of nitrogens with one attached hydrogen (secondary N) is 1. The van der Waals surface area contributed by atoms with Gasteiger partial charge in [-0.1, -0.05) is 48.0 Å². The van der Waals surface area contributed by atoms with Gasteiger partial charge >= 0.3 is 10.1 Å². The molecule has 1 heterocycles. The second kappa shape index (κ2) is 10.3. The third-order valence-corrected chi connectivity index (χ3v) is 6.92. The van der Waals surface area contributed by atoms with E-state index in [0.717, 1.165) is 0 Å². The highest BCUT2D eigenvalue weighted by Crippen LogP contribution is 2.40. The van der Waals surface area contributed by atoms with Crippen molar-refractivity contribution in [2.45, 2.75) is 11.8 Å². The molecule has 1 amide bonds. The van der Waals surface area contributed by atoms with E-state index in [9.17, 15) is 13.2 Å². The second-order valence-electron chi connectivity index (χ2n) is 6.93. The first kappa shape index (κ1) is 23.9. The van der Waals surface area contributed by atoms with Crippen LogP contribution in [0.2, 0.25) is 5.02 Å². The summed E-state index contributed by atoms with van der Waals surface area (Å²) in [5.74, 6) is -0.284. The fraction of sp³-hybridized carbons (Fsp3) is 0.0833.